The number of Topliss-reactive ketones (excluding diaryl/α,β-unsaturated/α-hetero) is 1. The third-order valence-corrected chi connectivity index (χ3v) is 6.02. The van der Waals surface area contributed by atoms with E-state index in [1.807, 2.05) is 47.4 Å². The second kappa shape index (κ2) is 6.08. The van der Waals surface area contributed by atoms with Crippen LogP contribution in [0.3, 0.4) is 0 Å². The molecule has 4 nitrogen and oxygen atoms in total. The molecule has 0 radical (unpaired) electrons. The van der Waals surface area contributed by atoms with Crippen molar-refractivity contribution >= 4 is 22.6 Å². The van der Waals surface area contributed by atoms with Crippen molar-refractivity contribution in [3.63, 3.8) is 0 Å². The number of fused-ring (bicyclic) bond motifs is 3. The molecule has 1 aromatic heterocycles. The minimum atomic E-state index is 0.104. The number of hydrogen-bond donors (Lipinski definition) is 0. The van der Waals surface area contributed by atoms with Gasteiger partial charge in [0.15, 0.2) is 5.78 Å². The molecule has 0 aliphatic carbocycles. The molecule has 0 fully saturated rings. The summed E-state index contributed by atoms with van der Waals surface area (Å²) in [6, 6.07) is 15.8. The van der Waals surface area contributed by atoms with Crippen LogP contribution < -0.4 is 0 Å². The largest absolute Gasteiger partial charge is 0.340 e. The van der Waals surface area contributed by atoms with E-state index in [4.69, 9.17) is 0 Å². The van der Waals surface area contributed by atoms with Crippen molar-refractivity contribution in [2.45, 2.75) is 32.2 Å². The molecule has 3 aromatic rings. The van der Waals surface area contributed by atoms with Gasteiger partial charge in [0.1, 0.15) is 0 Å². The maximum atomic E-state index is 12.9. The number of benzene rings is 2. The molecule has 4 heteroatoms. The van der Waals surface area contributed by atoms with Gasteiger partial charge in [0.05, 0.1) is 5.52 Å². The second-order valence-electron chi connectivity index (χ2n) is 7.63. The molecule has 1 unspecified atom stereocenters. The summed E-state index contributed by atoms with van der Waals surface area (Å²) < 4.78 is 2.37. The Morgan fingerprint density at radius 1 is 1.00 bits per heavy atom. The van der Waals surface area contributed by atoms with E-state index in [0.717, 1.165) is 29.5 Å². The SMILES string of the molecule is CC1CC(=O)c2cccc3c4c(n1c23)CCN(C(=O)c1ccccc1)CC4. The van der Waals surface area contributed by atoms with Crippen molar-refractivity contribution in [3.8, 4) is 0 Å². The molecular formula is C23H22N2O2. The first kappa shape index (κ1) is 16.3. The first-order valence-electron chi connectivity index (χ1n) is 9.67. The molecule has 2 aromatic carbocycles. The Labute approximate surface area is 158 Å². The number of nitrogens with zero attached hydrogens (tertiary/aromatic N) is 2. The van der Waals surface area contributed by atoms with Gasteiger partial charge in [-0.25, -0.2) is 0 Å². The molecule has 2 aliphatic rings. The van der Waals surface area contributed by atoms with E-state index < -0.39 is 0 Å². The zero-order chi connectivity index (χ0) is 18.5. The molecule has 0 saturated heterocycles. The number of para-hydroxylation sites is 1. The predicted octanol–water partition coefficient (Wildman–Crippen LogP) is 4.03. The maximum absolute atomic E-state index is 12.9. The highest BCUT2D eigenvalue weighted by atomic mass is 16.2. The summed E-state index contributed by atoms with van der Waals surface area (Å²) in [5.74, 6) is 0.349. The van der Waals surface area contributed by atoms with Crippen LogP contribution in [-0.2, 0) is 12.8 Å². The van der Waals surface area contributed by atoms with Crippen LogP contribution in [0.5, 0.6) is 0 Å². The summed E-state index contributed by atoms with van der Waals surface area (Å²) in [6.07, 6.45) is 2.22. The molecule has 0 N–H and O–H groups in total. The fourth-order valence-electron chi connectivity index (χ4n) is 4.78. The van der Waals surface area contributed by atoms with E-state index in [9.17, 15) is 9.59 Å². The van der Waals surface area contributed by atoms with E-state index >= 15 is 0 Å². The van der Waals surface area contributed by atoms with Gasteiger partial charge in [-0.15, -0.1) is 0 Å². The Hall–Kier alpha value is -2.88. The van der Waals surface area contributed by atoms with Gasteiger partial charge in [0.2, 0.25) is 0 Å². The van der Waals surface area contributed by atoms with Gasteiger partial charge in [-0.1, -0.05) is 30.3 Å². The number of hydrogen-bond acceptors (Lipinski definition) is 2. The minimum Gasteiger partial charge on any atom is -0.340 e. The van der Waals surface area contributed by atoms with Crippen molar-refractivity contribution in [2.75, 3.05) is 13.1 Å². The molecule has 136 valence electrons. The van der Waals surface area contributed by atoms with E-state index in [-0.39, 0.29) is 17.7 Å². The smallest absolute Gasteiger partial charge is 0.253 e. The lowest BCUT2D eigenvalue weighted by atomic mass is 9.97. The average Bonchev–Trinajstić information content (AvgIpc) is 2.85. The van der Waals surface area contributed by atoms with Crippen LogP contribution >= 0.6 is 0 Å². The van der Waals surface area contributed by atoms with Crippen LogP contribution in [0, 0.1) is 0 Å². The maximum Gasteiger partial charge on any atom is 0.253 e. The highest BCUT2D eigenvalue weighted by Crippen LogP contribution is 2.38. The fourth-order valence-corrected chi connectivity index (χ4v) is 4.78. The van der Waals surface area contributed by atoms with E-state index in [2.05, 4.69) is 17.6 Å². The van der Waals surface area contributed by atoms with Gasteiger partial charge in [-0.05, 0) is 37.1 Å². The number of rotatable bonds is 1. The predicted molar refractivity (Wildman–Crippen MR) is 105 cm³/mol. The monoisotopic (exact) mass is 358 g/mol. The zero-order valence-corrected chi connectivity index (χ0v) is 15.4. The Balaban J connectivity index is 1.55. The Kier molecular flexibility index (Phi) is 3.67. The lowest BCUT2D eigenvalue weighted by Crippen LogP contribution is -2.33. The lowest BCUT2D eigenvalue weighted by Gasteiger charge is -2.25. The molecule has 0 bridgehead atoms. The Morgan fingerprint density at radius 2 is 1.78 bits per heavy atom. The van der Waals surface area contributed by atoms with Gasteiger partial charge >= 0.3 is 0 Å². The van der Waals surface area contributed by atoms with Crippen LogP contribution in [0.4, 0.5) is 0 Å². The Morgan fingerprint density at radius 3 is 2.59 bits per heavy atom. The topological polar surface area (TPSA) is 42.3 Å². The molecule has 0 saturated carbocycles. The number of ketones is 1. The number of carbonyl (C=O) groups excluding carboxylic acids is 2. The normalized spacial score (nSPS) is 19.1. The van der Waals surface area contributed by atoms with Crippen LogP contribution in [0.25, 0.3) is 10.9 Å². The van der Waals surface area contributed by atoms with Crippen molar-refractivity contribution in [1.29, 1.82) is 0 Å². The first-order chi connectivity index (χ1) is 13.1. The summed E-state index contributed by atoms with van der Waals surface area (Å²) in [4.78, 5) is 27.4. The lowest BCUT2D eigenvalue weighted by molar-refractivity contribution is 0.0762. The fraction of sp³-hybridized carbons (Fsp3) is 0.304. The summed E-state index contributed by atoms with van der Waals surface area (Å²) in [6.45, 7) is 3.56. The highest BCUT2D eigenvalue weighted by Gasteiger charge is 2.31. The quantitative estimate of drug-likeness (QED) is 0.659. The molecule has 3 heterocycles. The van der Waals surface area contributed by atoms with E-state index in [1.54, 1.807) is 0 Å². The van der Waals surface area contributed by atoms with Crippen molar-refractivity contribution in [1.82, 2.24) is 9.47 Å². The number of amides is 1. The number of aromatic nitrogens is 1. The Bertz CT molecular complexity index is 1060. The molecule has 2 aliphatic heterocycles. The first-order valence-corrected chi connectivity index (χ1v) is 9.67. The molecule has 1 amide bonds. The third-order valence-electron chi connectivity index (χ3n) is 6.02. The molecular weight excluding hydrogens is 336 g/mol. The van der Waals surface area contributed by atoms with Crippen molar-refractivity contribution in [3.05, 3.63) is 70.9 Å². The minimum absolute atomic E-state index is 0.104. The van der Waals surface area contributed by atoms with Crippen molar-refractivity contribution in [2.24, 2.45) is 0 Å². The summed E-state index contributed by atoms with van der Waals surface area (Å²) in [5.41, 5.74) is 5.33. The number of carbonyl (C=O) groups is 2. The van der Waals surface area contributed by atoms with Gasteiger partial charge < -0.3 is 9.47 Å². The zero-order valence-electron chi connectivity index (χ0n) is 15.4. The summed E-state index contributed by atoms with van der Waals surface area (Å²) >= 11 is 0. The molecule has 0 spiro atoms. The second-order valence-corrected chi connectivity index (χ2v) is 7.63. The van der Waals surface area contributed by atoms with Crippen LogP contribution in [0.1, 0.15) is 51.4 Å². The summed E-state index contributed by atoms with van der Waals surface area (Å²) in [7, 11) is 0. The molecule has 5 rings (SSSR count). The standard InChI is InChI=1S/C23H22N2O2/c1-15-14-21(26)19-9-5-8-18-17-10-12-24(13-11-20(17)25(15)22(18)19)23(27)16-6-3-2-4-7-16/h2-9,15H,10-14H2,1H3. The van der Waals surface area contributed by atoms with Crippen LogP contribution in [0.2, 0.25) is 0 Å². The third kappa shape index (κ3) is 2.43. The average molecular weight is 358 g/mol. The van der Waals surface area contributed by atoms with Crippen LogP contribution in [0.15, 0.2) is 48.5 Å². The molecule has 1 atom stereocenters. The highest BCUT2D eigenvalue weighted by molar-refractivity contribution is 6.09. The van der Waals surface area contributed by atoms with Gasteiger partial charge in [-0.3, -0.25) is 9.59 Å². The van der Waals surface area contributed by atoms with Gasteiger partial charge in [0, 0.05) is 54.2 Å². The molecule has 27 heavy (non-hydrogen) atoms. The summed E-state index contributed by atoms with van der Waals surface area (Å²) in [5, 5.41) is 1.19. The van der Waals surface area contributed by atoms with E-state index in [0.29, 0.717) is 19.5 Å². The van der Waals surface area contributed by atoms with Gasteiger partial charge in [0.25, 0.3) is 5.91 Å². The van der Waals surface area contributed by atoms with E-state index in [1.165, 1.54) is 16.6 Å². The van der Waals surface area contributed by atoms with Gasteiger partial charge in [-0.2, -0.15) is 0 Å². The van der Waals surface area contributed by atoms with Crippen LogP contribution in [-0.4, -0.2) is 34.2 Å². The van der Waals surface area contributed by atoms with Crippen molar-refractivity contribution < 1.29 is 9.59 Å².